The zero-order valence-corrected chi connectivity index (χ0v) is 14.5. The largest absolute Gasteiger partial charge is 0.351 e. The Morgan fingerprint density at radius 1 is 1.55 bits per heavy atom. The predicted molar refractivity (Wildman–Crippen MR) is 88.9 cm³/mol. The summed E-state index contributed by atoms with van der Waals surface area (Å²) in [5, 5.41) is 6.85. The molecule has 1 fully saturated rings. The standard InChI is InChI=1S/C14H18BrClN2O.ClH/c1-14(5-2-6-17-8-14)9-18-13(19)11-7-10(15)3-4-12(11)16;/h3-4,7,17H,2,5-6,8-9H2,1H3,(H,18,19);1H. The van der Waals surface area contributed by atoms with E-state index in [9.17, 15) is 4.79 Å². The molecule has 1 unspecified atom stereocenters. The van der Waals surface area contributed by atoms with E-state index in [1.165, 1.54) is 0 Å². The monoisotopic (exact) mass is 380 g/mol. The van der Waals surface area contributed by atoms with Crippen LogP contribution in [-0.2, 0) is 0 Å². The van der Waals surface area contributed by atoms with Crippen molar-refractivity contribution in [2.45, 2.75) is 19.8 Å². The molecule has 1 aromatic carbocycles. The summed E-state index contributed by atoms with van der Waals surface area (Å²) in [7, 11) is 0. The second kappa shape index (κ2) is 7.64. The van der Waals surface area contributed by atoms with E-state index in [1.807, 2.05) is 6.07 Å². The molecule has 0 spiro atoms. The van der Waals surface area contributed by atoms with Crippen molar-refractivity contribution in [1.82, 2.24) is 10.6 Å². The molecule has 112 valence electrons. The van der Waals surface area contributed by atoms with Crippen LogP contribution in [0, 0.1) is 5.41 Å². The Kier molecular flexibility index (Phi) is 6.79. The molecule has 2 N–H and O–H groups in total. The third-order valence-corrected chi connectivity index (χ3v) is 4.36. The van der Waals surface area contributed by atoms with Gasteiger partial charge in [-0.15, -0.1) is 12.4 Å². The maximum absolute atomic E-state index is 12.2. The molecule has 1 aliphatic heterocycles. The van der Waals surface area contributed by atoms with Crippen LogP contribution in [0.25, 0.3) is 0 Å². The van der Waals surface area contributed by atoms with Crippen LogP contribution in [0.15, 0.2) is 22.7 Å². The second-order valence-corrected chi connectivity index (χ2v) is 6.72. The molecule has 20 heavy (non-hydrogen) atoms. The topological polar surface area (TPSA) is 41.1 Å². The van der Waals surface area contributed by atoms with Gasteiger partial charge in [0.2, 0.25) is 0 Å². The van der Waals surface area contributed by atoms with E-state index in [0.29, 0.717) is 17.1 Å². The number of amides is 1. The van der Waals surface area contributed by atoms with Crippen LogP contribution in [0.4, 0.5) is 0 Å². The Morgan fingerprint density at radius 3 is 2.95 bits per heavy atom. The summed E-state index contributed by atoms with van der Waals surface area (Å²) in [6, 6.07) is 5.30. The number of hydrogen-bond acceptors (Lipinski definition) is 2. The van der Waals surface area contributed by atoms with Gasteiger partial charge < -0.3 is 10.6 Å². The molecule has 1 heterocycles. The molecule has 1 atom stereocenters. The lowest BCUT2D eigenvalue weighted by Crippen LogP contribution is -2.45. The number of nitrogens with one attached hydrogen (secondary N) is 2. The Hall–Kier alpha value is -0.290. The van der Waals surface area contributed by atoms with Crippen molar-refractivity contribution in [2.24, 2.45) is 5.41 Å². The fourth-order valence-corrected chi connectivity index (χ4v) is 2.89. The smallest absolute Gasteiger partial charge is 0.252 e. The molecule has 3 nitrogen and oxygen atoms in total. The van der Waals surface area contributed by atoms with Gasteiger partial charge in [-0.05, 0) is 43.0 Å². The summed E-state index contributed by atoms with van der Waals surface area (Å²) in [5.74, 6) is -0.113. The van der Waals surface area contributed by atoms with E-state index in [1.54, 1.807) is 12.1 Å². The third kappa shape index (κ3) is 4.62. The maximum Gasteiger partial charge on any atom is 0.252 e. The summed E-state index contributed by atoms with van der Waals surface area (Å²) < 4.78 is 0.854. The number of hydrogen-bond donors (Lipinski definition) is 2. The minimum Gasteiger partial charge on any atom is -0.351 e. The molecular formula is C14H19BrCl2N2O. The fourth-order valence-electron chi connectivity index (χ4n) is 2.33. The number of benzene rings is 1. The van der Waals surface area contributed by atoms with E-state index in [2.05, 4.69) is 33.5 Å². The lowest BCUT2D eigenvalue weighted by Gasteiger charge is -2.34. The van der Waals surface area contributed by atoms with Crippen LogP contribution in [0.2, 0.25) is 5.02 Å². The van der Waals surface area contributed by atoms with Crippen LogP contribution in [0.3, 0.4) is 0 Å². The molecule has 6 heteroatoms. The number of piperidine rings is 1. The van der Waals surface area contributed by atoms with E-state index in [-0.39, 0.29) is 23.7 Å². The molecule has 1 saturated heterocycles. The minimum absolute atomic E-state index is 0. The SMILES string of the molecule is CC1(CNC(=O)c2cc(Br)ccc2Cl)CCCNC1.Cl. The highest BCUT2D eigenvalue weighted by molar-refractivity contribution is 9.10. The van der Waals surface area contributed by atoms with Gasteiger partial charge >= 0.3 is 0 Å². The zero-order chi connectivity index (χ0) is 13.9. The highest BCUT2D eigenvalue weighted by atomic mass is 79.9. The van der Waals surface area contributed by atoms with Gasteiger partial charge in [-0.3, -0.25) is 4.79 Å². The first-order valence-electron chi connectivity index (χ1n) is 6.44. The highest BCUT2D eigenvalue weighted by Crippen LogP contribution is 2.25. The van der Waals surface area contributed by atoms with Gasteiger partial charge in [-0.25, -0.2) is 0 Å². The van der Waals surface area contributed by atoms with Gasteiger partial charge in [0.1, 0.15) is 0 Å². The van der Waals surface area contributed by atoms with Crippen molar-refractivity contribution >= 4 is 45.8 Å². The Morgan fingerprint density at radius 2 is 2.30 bits per heavy atom. The molecule has 2 rings (SSSR count). The van der Waals surface area contributed by atoms with Crippen molar-refractivity contribution in [1.29, 1.82) is 0 Å². The van der Waals surface area contributed by atoms with Crippen molar-refractivity contribution in [2.75, 3.05) is 19.6 Å². The first-order chi connectivity index (χ1) is 9.00. The number of carbonyl (C=O) groups excluding carboxylic acids is 1. The van der Waals surface area contributed by atoms with E-state index >= 15 is 0 Å². The molecule has 0 saturated carbocycles. The van der Waals surface area contributed by atoms with Crippen LogP contribution in [0.5, 0.6) is 0 Å². The summed E-state index contributed by atoms with van der Waals surface area (Å²) in [6.07, 6.45) is 2.29. The Bertz CT molecular complexity index is 476. The average Bonchev–Trinajstić information content (AvgIpc) is 2.40. The first kappa shape index (κ1) is 17.8. The van der Waals surface area contributed by atoms with Crippen molar-refractivity contribution < 1.29 is 4.79 Å². The van der Waals surface area contributed by atoms with Gasteiger partial charge in [0.25, 0.3) is 5.91 Å². The van der Waals surface area contributed by atoms with Gasteiger partial charge in [0.15, 0.2) is 0 Å². The molecule has 0 radical (unpaired) electrons. The third-order valence-electron chi connectivity index (χ3n) is 3.53. The van der Waals surface area contributed by atoms with Crippen LogP contribution in [-0.4, -0.2) is 25.5 Å². The summed E-state index contributed by atoms with van der Waals surface area (Å²) >= 11 is 9.41. The van der Waals surface area contributed by atoms with Crippen molar-refractivity contribution in [3.8, 4) is 0 Å². The molecule has 0 aliphatic carbocycles. The highest BCUT2D eigenvalue weighted by Gasteiger charge is 2.27. The van der Waals surface area contributed by atoms with Crippen molar-refractivity contribution in [3.05, 3.63) is 33.3 Å². The van der Waals surface area contributed by atoms with Crippen LogP contribution in [0.1, 0.15) is 30.1 Å². The average molecular weight is 382 g/mol. The molecule has 1 amide bonds. The van der Waals surface area contributed by atoms with Gasteiger partial charge in [-0.2, -0.15) is 0 Å². The maximum atomic E-state index is 12.2. The van der Waals surface area contributed by atoms with Crippen LogP contribution < -0.4 is 10.6 Å². The molecule has 0 bridgehead atoms. The van der Waals surface area contributed by atoms with Gasteiger partial charge in [0, 0.05) is 17.6 Å². The molecule has 1 aliphatic rings. The van der Waals surface area contributed by atoms with Crippen molar-refractivity contribution in [3.63, 3.8) is 0 Å². The lowest BCUT2D eigenvalue weighted by atomic mass is 9.83. The quantitative estimate of drug-likeness (QED) is 0.838. The lowest BCUT2D eigenvalue weighted by molar-refractivity contribution is 0.0925. The number of rotatable bonds is 3. The Balaban J connectivity index is 0.00000200. The number of carbonyl (C=O) groups is 1. The van der Waals surface area contributed by atoms with E-state index < -0.39 is 0 Å². The first-order valence-corrected chi connectivity index (χ1v) is 7.61. The van der Waals surface area contributed by atoms with Gasteiger partial charge in [0.05, 0.1) is 10.6 Å². The molecule has 1 aromatic rings. The zero-order valence-electron chi connectivity index (χ0n) is 11.3. The summed E-state index contributed by atoms with van der Waals surface area (Å²) in [5.41, 5.74) is 0.648. The fraction of sp³-hybridized carbons (Fsp3) is 0.500. The summed E-state index contributed by atoms with van der Waals surface area (Å²) in [6.45, 7) is 4.88. The predicted octanol–water partition coefficient (Wildman–Crippen LogP) is 3.64. The second-order valence-electron chi connectivity index (χ2n) is 5.40. The normalized spacial score (nSPS) is 21.9. The van der Waals surface area contributed by atoms with Crippen LogP contribution >= 0.6 is 39.9 Å². The van der Waals surface area contributed by atoms with E-state index in [0.717, 1.165) is 30.4 Å². The van der Waals surface area contributed by atoms with E-state index in [4.69, 9.17) is 11.6 Å². The summed E-state index contributed by atoms with van der Waals surface area (Å²) in [4.78, 5) is 12.2. The molecule has 0 aromatic heterocycles. The molecular weight excluding hydrogens is 363 g/mol. The number of halogens is 3. The minimum atomic E-state index is -0.113. The Labute approximate surface area is 139 Å². The van der Waals surface area contributed by atoms with Gasteiger partial charge in [-0.1, -0.05) is 34.5 Å².